The van der Waals surface area contributed by atoms with E-state index < -0.39 is 0 Å². The molecule has 8 nitrogen and oxygen atoms in total. The summed E-state index contributed by atoms with van der Waals surface area (Å²) in [6.45, 7) is 3.87. The van der Waals surface area contributed by atoms with E-state index in [0.717, 1.165) is 5.56 Å². The molecular formula is C20H25N5O3. The highest BCUT2D eigenvalue weighted by molar-refractivity contribution is 5.92. The molecule has 0 spiro atoms. The topological polar surface area (TPSA) is 96.5 Å². The Labute approximate surface area is 164 Å². The van der Waals surface area contributed by atoms with Gasteiger partial charge in [0.05, 0.1) is 6.61 Å². The summed E-state index contributed by atoms with van der Waals surface area (Å²) in [5.41, 5.74) is 1.42. The molecular weight excluding hydrogens is 358 g/mol. The minimum absolute atomic E-state index is 0.00821. The summed E-state index contributed by atoms with van der Waals surface area (Å²) < 4.78 is 5.01. The van der Waals surface area contributed by atoms with Crippen molar-refractivity contribution in [3.05, 3.63) is 53.9 Å². The van der Waals surface area contributed by atoms with Crippen molar-refractivity contribution >= 4 is 17.9 Å². The minimum Gasteiger partial charge on any atom is -0.450 e. The van der Waals surface area contributed by atoms with Crippen LogP contribution in [0.5, 0.6) is 0 Å². The lowest BCUT2D eigenvalue weighted by molar-refractivity contribution is 0.0856. The molecule has 0 saturated carbocycles. The molecule has 1 aromatic heterocycles. The first-order valence-corrected chi connectivity index (χ1v) is 9.49. The van der Waals surface area contributed by atoms with Crippen molar-refractivity contribution < 1.29 is 14.3 Å². The number of carbonyl (C=O) groups is 2. The summed E-state index contributed by atoms with van der Waals surface area (Å²) >= 11 is 0. The number of nitrogens with one attached hydrogen (secondary N) is 2. The lowest BCUT2D eigenvalue weighted by atomic mass is 10.1. The maximum absolute atomic E-state index is 12.5. The van der Waals surface area contributed by atoms with E-state index in [2.05, 4.69) is 20.6 Å². The SMILES string of the molecule is CCOC(=O)N1CCC(NC(=O)c2ccnc(NCc3ccccc3)n2)CC1. The molecule has 8 heteroatoms. The van der Waals surface area contributed by atoms with Crippen LogP contribution in [0.15, 0.2) is 42.6 Å². The Morgan fingerprint density at radius 1 is 1.18 bits per heavy atom. The monoisotopic (exact) mass is 383 g/mol. The van der Waals surface area contributed by atoms with E-state index in [1.807, 2.05) is 30.3 Å². The van der Waals surface area contributed by atoms with Crippen LogP contribution in [0.25, 0.3) is 0 Å². The number of anilines is 1. The summed E-state index contributed by atoms with van der Waals surface area (Å²) in [5.74, 6) is 0.174. The number of rotatable bonds is 6. The molecule has 0 atom stereocenters. The average Bonchev–Trinajstić information content (AvgIpc) is 2.74. The predicted octanol–water partition coefficient (Wildman–Crippen LogP) is 2.44. The zero-order valence-corrected chi connectivity index (χ0v) is 15.9. The molecule has 3 rings (SSSR count). The molecule has 1 saturated heterocycles. The molecule has 2 aromatic rings. The molecule has 0 aliphatic carbocycles. The number of amides is 2. The van der Waals surface area contributed by atoms with E-state index in [0.29, 0.717) is 50.7 Å². The smallest absolute Gasteiger partial charge is 0.409 e. The molecule has 1 aromatic carbocycles. The second-order valence-electron chi connectivity index (χ2n) is 6.54. The number of likely N-dealkylation sites (tertiary alicyclic amines) is 1. The Bertz CT molecular complexity index is 791. The van der Waals surface area contributed by atoms with E-state index in [9.17, 15) is 9.59 Å². The van der Waals surface area contributed by atoms with Gasteiger partial charge < -0.3 is 20.3 Å². The maximum atomic E-state index is 12.5. The third-order valence-corrected chi connectivity index (χ3v) is 4.54. The first kappa shape index (κ1) is 19.6. The quantitative estimate of drug-likeness (QED) is 0.795. The molecule has 0 bridgehead atoms. The zero-order valence-electron chi connectivity index (χ0n) is 15.9. The fraction of sp³-hybridized carbons (Fsp3) is 0.400. The second kappa shape index (κ2) is 9.68. The molecule has 2 heterocycles. The molecule has 1 fully saturated rings. The first-order valence-electron chi connectivity index (χ1n) is 9.49. The van der Waals surface area contributed by atoms with Crippen molar-refractivity contribution in [2.45, 2.75) is 32.4 Å². The van der Waals surface area contributed by atoms with E-state index in [-0.39, 0.29) is 18.0 Å². The van der Waals surface area contributed by atoms with Gasteiger partial charge in [0, 0.05) is 31.9 Å². The van der Waals surface area contributed by atoms with Crippen molar-refractivity contribution in [3.8, 4) is 0 Å². The van der Waals surface area contributed by atoms with E-state index in [1.165, 1.54) is 0 Å². The van der Waals surface area contributed by atoms with Gasteiger partial charge in [0.15, 0.2) is 0 Å². The maximum Gasteiger partial charge on any atom is 0.409 e. The molecule has 28 heavy (non-hydrogen) atoms. The number of hydrogen-bond acceptors (Lipinski definition) is 6. The van der Waals surface area contributed by atoms with Crippen LogP contribution >= 0.6 is 0 Å². The normalized spacial score (nSPS) is 14.4. The lowest BCUT2D eigenvalue weighted by Gasteiger charge is -2.31. The Hall–Kier alpha value is -3.16. The summed E-state index contributed by atoms with van der Waals surface area (Å²) in [7, 11) is 0. The van der Waals surface area contributed by atoms with Crippen LogP contribution in [0.1, 0.15) is 35.8 Å². The fourth-order valence-electron chi connectivity index (χ4n) is 3.03. The van der Waals surface area contributed by atoms with Crippen LogP contribution in [0.2, 0.25) is 0 Å². The van der Waals surface area contributed by atoms with E-state index in [1.54, 1.807) is 24.1 Å². The standard InChI is InChI=1S/C20H25N5O3/c1-2-28-20(27)25-12-9-16(10-13-25)23-18(26)17-8-11-21-19(24-17)22-14-15-6-4-3-5-7-15/h3-8,11,16H,2,9-10,12-14H2,1H3,(H,23,26)(H,21,22,24). The van der Waals surface area contributed by atoms with Crippen molar-refractivity contribution in [3.63, 3.8) is 0 Å². The Kier molecular flexibility index (Phi) is 6.78. The van der Waals surface area contributed by atoms with Crippen molar-refractivity contribution in [1.82, 2.24) is 20.2 Å². The summed E-state index contributed by atoms with van der Waals surface area (Å²) in [4.78, 5) is 34.4. The molecule has 2 amide bonds. The predicted molar refractivity (Wildman–Crippen MR) is 105 cm³/mol. The lowest BCUT2D eigenvalue weighted by Crippen LogP contribution is -2.46. The van der Waals surface area contributed by atoms with Crippen LogP contribution in [-0.2, 0) is 11.3 Å². The van der Waals surface area contributed by atoms with Crippen LogP contribution in [0.4, 0.5) is 10.7 Å². The van der Waals surface area contributed by atoms with Crippen LogP contribution < -0.4 is 10.6 Å². The van der Waals surface area contributed by atoms with Gasteiger partial charge in [-0.05, 0) is 31.4 Å². The average molecular weight is 383 g/mol. The van der Waals surface area contributed by atoms with Gasteiger partial charge in [0.1, 0.15) is 5.69 Å². The van der Waals surface area contributed by atoms with E-state index >= 15 is 0 Å². The van der Waals surface area contributed by atoms with Gasteiger partial charge >= 0.3 is 6.09 Å². The number of aromatic nitrogens is 2. The number of hydrogen-bond donors (Lipinski definition) is 2. The van der Waals surface area contributed by atoms with Gasteiger partial charge in [-0.15, -0.1) is 0 Å². The first-order chi connectivity index (χ1) is 13.7. The van der Waals surface area contributed by atoms with Gasteiger partial charge in [-0.3, -0.25) is 4.79 Å². The highest BCUT2D eigenvalue weighted by atomic mass is 16.6. The molecule has 1 aliphatic rings. The fourth-order valence-corrected chi connectivity index (χ4v) is 3.03. The highest BCUT2D eigenvalue weighted by Gasteiger charge is 2.25. The minimum atomic E-state index is -0.294. The largest absolute Gasteiger partial charge is 0.450 e. The van der Waals surface area contributed by atoms with E-state index in [4.69, 9.17) is 4.74 Å². The number of benzene rings is 1. The summed E-state index contributed by atoms with van der Waals surface area (Å²) in [5, 5.41) is 6.12. The number of nitrogens with zero attached hydrogens (tertiary/aromatic N) is 3. The van der Waals surface area contributed by atoms with Crippen molar-refractivity contribution in [1.29, 1.82) is 0 Å². The van der Waals surface area contributed by atoms with Gasteiger partial charge in [-0.1, -0.05) is 30.3 Å². The van der Waals surface area contributed by atoms with Gasteiger partial charge in [-0.25, -0.2) is 14.8 Å². The molecule has 1 aliphatic heterocycles. The van der Waals surface area contributed by atoms with Crippen molar-refractivity contribution in [2.24, 2.45) is 0 Å². The molecule has 0 unspecified atom stereocenters. The van der Waals surface area contributed by atoms with Gasteiger partial charge in [0.25, 0.3) is 5.91 Å². The third kappa shape index (κ3) is 5.42. The Morgan fingerprint density at radius 2 is 1.93 bits per heavy atom. The molecule has 2 N–H and O–H groups in total. The number of piperidine rings is 1. The zero-order chi connectivity index (χ0) is 19.8. The summed E-state index contributed by atoms with van der Waals surface area (Å²) in [6.07, 6.45) is 2.65. The summed E-state index contributed by atoms with van der Waals surface area (Å²) in [6, 6.07) is 11.5. The molecule has 0 radical (unpaired) electrons. The third-order valence-electron chi connectivity index (χ3n) is 4.54. The van der Waals surface area contributed by atoms with Gasteiger partial charge in [0.2, 0.25) is 5.95 Å². The van der Waals surface area contributed by atoms with Crippen molar-refractivity contribution in [2.75, 3.05) is 25.0 Å². The van der Waals surface area contributed by atoms with Crippen LogP contribution in [-0.4, -0.2) is 52.6 Å². The highest BCUT2D eigenvalue weighted by Crippen LogP contribution is 2.12. The van der Waals surface area contributed by atoms with Crippen LogP contribution in [0.3, 0.4) is 0 Å². The Balaban J connectivity index is 1.50. The van der Waals surface area contributed by atoms with Crippen LogP contribution in [0, 0.1) is 0 Å². The second-order valence-corrected chi connectivity index (χ2v) is 6.54. The van der Waals surface area contributed by atoms with Gasteiger partial charge in [-0.2, -0.15) is 0 Å². The molecule has 148 valence electrons. The number of carbonyl (C=O) groups excluding carboxylic acids is 2. The number of ether oxygens (including phenoxy) is 1. The Morgan fingerprint density at radius 3 is 2.64 bits per heavy atom.